The lowest BCUT2D eigenvalue weighted by atomic mass is 10.2. The highest BCUT2D eigenvalue weighted by atomic mass is 32.1. The first-order valence-electron chi connectivity index (χ1n) is 8.26. The topological polar surface area (TPSA) is 61.8 Å². The molecule has 0 saturated heterocycles. The van der Waals surface area contributed by atoms with Crippen LogP contribution in [-0.2, 0) is 11.3 Å². The van der Waals surface area contributed by atoms with Gasteiger partial charge in [0.05, 0.1) is 17.6 Å². The maximum atomic E-state index is 12.2. The minimum Gasteiger partial charge on any atom is -0.493 e. The van der Waals surface area contributed by atoms with Gasteiger partial charge in [-0.15, -0.1) is 11.3 Å². The van der Waals surface area contributed by atoms with Crippen molar-refractivity contribution in [2.75, 3.05) is 13.7 Å². The average molecular weight is 382 g/mol. The second kappa shape index (κ2) is 9.00. The summed E-state index contributed by atoms with van der Waals surface area (Å²) < 4.78 is 16.2. The molecule has 0 spiro atoms. The van der Waals surface area contributed by atoms with Crippen LogP contribution in [0, 0.1) is 0 Å². The first-order chi connectivity index (χ1) is 13.2. The highest BCUT2D eigenvalue weighted by molar-refractivity contribution is 7.12. The van der Waals surface area contributed by atoms with Gasteiger partial charge in [-0.25, -0.2) is 4.79 Å². The second-order valence-electron chi connectivity index (χ2n) is 5.62. The molecule has 138 valence electrons. The first-order valence-corrected chi connectivity index (χ1v) is 9.14. The van der Waals surface area contributed by atoms with Crippen molar-refractivity contribution in [2.24, 2.45) is 0 Å². The average Bonchev–Trinajstić information content (AvgIpc) is 3.26. The number of carbonyl (C=O) groups excluding carboxylic acids is 2. The molecular formula is C21H18O5S. The van der Waals surface area contributed by atoms with Crippen LogP contribution < -0.4 is 9.47 Å². The van der Waals surface area contributed by atoms with Gasteiger partial charge in [-0.1, -0.05) is 36.4 Å². The highest BCUT2D eigenvalue weighted by Crippen LogP contribution is 2.29. The maximum absolute atomic E-state index is 12.2. The highest BCUT2D eigenvalue weighted by Gasteiger charge is 2.15. The number of ether oxygens (including phenoxy) is 3. The summed E-state index contributed by atoms with van der Waals surface area (Å²) >= 11 is 1.31. The van der Waals surface area contributed by atoms with Crippen LogP contribution in [-0.4, -0.2) is 25.5 Å². The molecule has 27 heavy (non-hydrogen) atoms. The number of hydrogen-bond donors (Lipinski definition) is 0. The largest absolute Gasteiger partial charge is 0.493 e. The van der Waals surface area contributed by atoms with E-state index in [-0.39, 0.29) is 18.0 Å². The van der Waals surface area contributed by atoms with E-state index >= 15 is 0 Å². The van der Waals surface area contributed by atoms with Crippen molar-refractivity contribution < 1.29 is 23.8 Å². The fourth-order valence-electron chi connectivity index (χ4n) is 2.37. The van der Waals surface area contributed by atoms with Crippen molar-refractivity contribution in [3.8, 4) is 11.5 Å². The Morgan fingerprint density at radius 3 is 2.48 bits per heavy atom. The van der Waals surface area contributed by atoms with Crippen molar-refractivity contribution in [1.82, 2.24) is 0 Å². The van der Waals surface area contributed by atoms with Crippen LogP contribution in [0.1, 0.15) is 25.6 Å². The molecule has 0 N–H and O–H groups in total. The van der Waals surface area contributed by atoms with Gasteiger partial charge < -0.3 is 14.2 Å². The lowest BCUT2D eigenvalue weighted by Gasteiger charge is -2.12. The third kappa shape index (κ3) is 4.95. The van der Waals surface area contributed by atoms with E-state index < -0.39 is 5.97 Å². The summed E-state index contributed by atoms with van der Waals surface area (Å²) in [6.45, 7) is 0.0875. The van der Waals surface area contributed by atoms with Crippen molar-refractivity contribution in [3.63, 3.8) is 0 Å². The van der Waals surface area contributed by atoms with Gasteiger partial charge in [0.2, 0.25) is 5.78 Å². The van der Waals surface area contributed by atoms with Gasteiger partial charge in [-0.2, -0.15) is 0 Å². The van der Waals surface area contributed by atoms with Crippen LogP contribution in [0.2, 0.25) is 0 Å². The summed E-state index contributed by atoms with van der Waals surface area (Å²) in [4.78, 5) is 24.7. The Morgan fingerprint density at radius 1 is 0.963 bits per heavy atom. The van der Waals surface area contributed by atoms with E-state index in [4.69, 9.17) is 14.2 Å². The molecule has 1 aromatic heterocycles. The number of thiophene rings is 1. The number of benzene rings is 2. The van der Waals surface area contributed by atoms with Gasteiger partial charge in [-0.05, 0) is 35.2 Å². The Morgan fingerprint density at radius 2 is 1.78 bits per heavy atom. The Balaban J connectivity index is 1.62. The van der Waals surface area contributed by atoms with Gasteiger partial charge in [0.25, 0.3) is 0 Å². The van der Waals surface area contributed by atoms with Crippen molar-refractivity contribution in [2.45, 2.75) is 6.61 Å². The van der Waals surface area contributed by atoms with E-state index in [2.05, 4.69) is 0 Å². The summed E-state index contributed by atoms with van der Waals surface area (Å²) in [5.41, 5.74) is 1.31. The molecule has 0 bridgehead atoms. The summed E-state index contributed by atoms with van der Waals surface area (Å²) in [6, 6.07) is 18.0. The first kappa shape index (κ1) is 18.7. The zero-order valence-electron chi connectivity index (χ0n) is 14.7. The molecular weight excluding hydrogens is 364 g/mol. The van der Waals surface area contributed by atoms with Crippen LogP contribution in [0.4, 0.5) is 0 Å². The van der Waals surface area contributed by atoms with E-state index in [1.165, 1.54) is 24.5 Å². The number of esters is 1. The Kier molecular flexibility index (Phi) is 6.22. The van der Waals surface area contributed by atoms with E-state index in [1.807, 2.05) is 30.3 Å². The van der Waals surface area contributed by atoms with Crippen molar-refractivity contribution in [1.29, 1.82) is 0 Å². The van der Waals surface area contributed by atoms with E-state index in [0.717, 1.165) is 5.56 Å². The molecule has 0 radical (unpaired) electrons. The third-order valence-electron chi connectivity index (χ3n) is 3.77. The van der Waals surface area contributed by atoms with Crippen LogP contribution in [0.15, 0.2) is 66.0 Å². The van der Waals surface area contributed by atoms with E-state index in [9.17, 15) is 9.59 Å². The smallest absolute Gasteiger partial charge is 0.338 e. The monoisotopic (exact) mass is 382 g/mol. The normalized spacial score (nSPS) is 10.3. The van der Waals surface area contributed by atoms with Crippen molar-refractivity contribution in [3.05, 3.63) is 82.0 Å². The van der Waals surface area contributed by atoms with Crippen LogP contribution in [0.5, 0.6) is 11.5 Å². The molecule has 0 fully saturated rings. The molecule has 3 rings (SSSR count). The van der Waals surface area contributed by atoms with Crippen LogP contribution >= 0.6 is 11.3 Å². The number of Topliss-reactive ketones (excluding diaryl/α,β-unsaturated/α-hetero) is 1. The zero-order valence-corrected chi connectivity index (χ0v) is 15.5. The van der Waals surface area contributed by atoms with E-state index in [0.29, 0.717) is 23.0 Å². The Hall–Kier alpha value is -3.12. The molecule has 0 aliphatic heterocycles. The number of carbonyl (C=O) groups is 2. The zero-order chi connectivity index (χ0) is 19.1. The molecule has 0 aliphatic rings. The molecule has 3 aromatic rings. The molecule has 1 heterocycles. The fourth-order valence-corrected chi connectivity index (χ4v) is 3.02. The number of rotatable bonds is 8. The molecule has 0 amide bonds. The lowest BCUT2D eigenvalue weighted by Crippen LogP contribution is -2.13. The molecule has 2 aromatic carbocycles. The number of hydrogen-bond acceptors (Lipinski definition) is 6. The fraction of sp³-hybridized carbons (Fsp3) is 0.143. The summed E-state index contributed by atoms with van der Waals surface area (Å²) in [5, 5.41) is 1.80. The standard InChI is InChI=1S/C21H18O5S/c1-24-19-12-16(21(23)26-14-17(22)20-8-5-11-27-20)9-10-18(19)25-13-15-6-3-2-4-7-15/h2-12H,13-14H2,1H3. The predicted octanol–water partition coefficient (Wildman–Crippen LogP) is 4.38. The second-order valence-corrected chi connectivity index (χ2v) is 6.56. The molecule has 6 heteroatoms. The summed E-state index contributed by atoms with van der Waals surface area (Å²) in [5.74, 6) is 0.124. The van der Waals surface area contributed by atoms with Gasteiger partial charge in [0.15, 0.2) is 18.1 Å². The third-order valence-corrected chi connectivity index (χ3v) is 4.68. The minimum atomic E-state index is -0.590. The molecule has 0 atom stereocenters. The SMILES string of the molecule is COc1cc(C(=O)OCC(=O)c2cccs2)ccc1OCc1ccccc1. The molecule has 0 aliphatic carbocycles. The van der Waals surface area contributed by atoms with Crippen LogP contribution in [0.3, 0.4) is 0 Å². The van der Waals surface area contributed by atoms with E-state index in [1.54, 1.807) is 29.6 Å². The quantitative estimate of drug-likeness (QED) is 0.427. The molecule has 5 nitrogen and oxygen atoms in total. The Bertz CT molecular complexity index is 904. The Labute approximate surface area is 161 Å². The summed E-state index contributed by atoms with van der Waals surface area (Å²) in [7, 11) is 1.50. The van der Waals surface area contributed by atoms with Gasteiger partial charge in [0, 0.05) is 0 Å². The number of methoxy groups -OCH3 is 1. The van der Waals surface area contributed by atoms with Gasteiger partial charge in [-0.3, -0.25) is 4.79 Å². The number of ketones is 1. The lowest BCUT2D eigenvalue weighted by molar-refractivity contribution is 0.0475. The van der Waals surface area contributed by atoms with Gasteiger partial charge >= 0.3 is 5.97 Å². The van der Waals surface area contributed by atoms with Gasteiger partial charge in [0.1, 0.15) is 6.61 Å². The van der Waals surface area contributed by atoms with Crippen LogP contribution in [0.25, 0.3) is 0 Å². The minimum absolute atomic E-state index is 0.229. The molecule has 0 unspecified atom stereocenters. The predicted molar refractivity (Wildman–Crippen MR) is 103 cm³/mol. The summed E-state index contributed by atoms with van der Waals surface area (Å²) in [6.07, 6.45) is 0. The van der Waals surface area contributed by atoms with Crippen molar-refractivity contribution >= 4 is 23.1 Å². The molecule has 0 saturated carbocycles. The maximum Gasteiger partial charge on any atom is 0.338 e.